The number of nitrogens with zero attached hydrogens (tertiary/aromatic N) is 2. The van der Waals surface area contributed by atoms with Gasteiger partial charge in [0.2, 0.25) is 0 Å². The predicted molar refractivity (Wildman–Crippen MR) is 132 cm³/mol. The number of halogens is 3. The van der Waals surface area contributed by atoms with E-state index in [1.54, 1.807) is 13.3 Å². The minimum absolute atomic E-state index is 0.0289. The van der Waals surface area contributed by atoms with Crippen molar-refractivity contribution in [3.63, 3.8) is 0 Å². The normalized spacial score (nSPS) is 18.3. The maximum absolute atomic E-state index is 13.4. The number of aliphatic imine (C=N–C) groups is 1. The molecule has 1 heterocycles. The van der Waals surface area contributed by atoms with Crippen LogP contribution in [0.15, 0.2) is 53.4 Å². The Kier molecular flexibility index (Phi) is 10.1. The molecule has 202 valence electrons. The molecule has 1 aromatic rings. The van der Waals surface area contributed by atoms with Crippen molar-refractivity contribution in [2.45, 2.75) is 50.7 Å². The number of para-hydroxylation sites is 1. The summed E-state index contributed by atoms with van der Waals surface area (Å²) in [4.78, 5) is 31.4. The molecule has 3 N–H and O–H groups in total. The van der Waals surface area contributed by atoms with Gasteiger partial charge in [-0.3, -0.25) is 9.59 Å². The molecular weight excluding hydrogens is 489 g/mol. The van der Waals surface area contributed by atoms with Gasteiger partial charge in [-0.05, 0) is 30.5 Å². The van der Waals surface area contributed by atoms with E-state index in [9.17, 15) is 22.8 Å². The molecule has 3 rings (SSSR count). The van der Waals surface area contributed by atoms with E-state index in [1.807, 2.05) is 0 Å². The van der Waals surface area contributed by atoms with Crippen molar-refractivity contribution in [3.05, 3.63) is 53.9 Å². The van der Waals surface area contributed by atoms with E-state index < -0.39 is 35.3 Å². The predicted octanol–water partition coefficient (Wildman–Crippen LogP) is 3.78. The first-order chi connectivity index (χ1) is 17.7. The Bertz CT molecular complexity index is 1030. The van der Waals surface area contributed by atoms with Crippen LogP contribution in [0.4, 0.5) is 13.2 Å². The first-order valence-electron chi connectivity index (χ1n) is 12.3. The molecule has 0 radical (unpaired) electrons. The third kappa shape index (κ3) is 8.34. The molecule has 11 heteroatoms. The van der Waals surface area contributed by atoms with Gasteiger partial charge in [-0.15, -0.1) is 0 Å². The number of hydrogen-bond acceptors (Lipinski definition) is 5. The number of carbonyl (C=O) groups is 2. The number of ether oxygens (including phenoxy) is 2. The van der Waals surface area contributed by atoms with Gasteiger partial charge in [-0.25, -0.2) is 0 Å². The van der Waals surface area contributed by atoms with Crippen LogP contribution in [0, 0.1) is 5.92 Å². The van der Waals surface area contributed by atoms with Gasteiger partial charge in [0.15, 0.2) is 0 Å². The molecule has 1 unspecified atom stereocenters. The highest BCUT2D eigenvalue weighted by atomic mass is 19.4. The Morgan fingerprint density at radius 3 is 2.70 bits per heavy atom. The summed E-state index contributed by atoms with van der Waals surface area (Å²) in [5.74, 6) is -1.27. The number of rotatable bonds is 11. The molecule has 1 atom stereocenters. The van der Waals surface area contributed by atoms with Crippen LogP contribution < -0.4 is 15.8 Å². The van der Waals surface area contributed by atoms with Crippen LogP contribution in [0.2, 0.25) is 0 Å². The van der Waals surface area contributed by atoms with Crippen LogP contribution in [0.5, 0.6) is 5.75 Å². The van der Waals surface area contributed by atoms with E-state index in [0.29, 0.717) is 19.6 Å². The van der Waals surface area contributed by atoms with E-state index in [2.05, 4.69) is 10.3 Å². The van der Waals surface area contributed by atoms with Gasteiger partial charge in [-0.2, -0.15) is 18.2 Å². The molecule has 8 nitrogen and oxygen atoms in total. The fourth-order valence-electron chi connectivity index (χ4n) is 4.50. The van der Waals surface area contributed by atoms with E-state index in [-0.39, 0.29) is 24.1 Å². The molecular formula is C26H33F3N4O4. The number of methoxy groups -OCH3 is 1. The fourth-order valence-corrected chi connectivity index (χ4v) is 4.50. The van der Waals surface area contributed by atoms with Crippen molar-refractivity contribution >= 4 is 17.6 Å². The lowest BCUT2D eigenvalue weighted by Gasteiger charge is -2.30. The molecule has 1 aliphatic heterocycles. The zero-order valence-corrected chi connectivity index (χ0v) is 20.8. The highest BCUT2D eigenvalue weighted by molar-refractivity contribution is 6.03. The van der Waals surface area contributed by atoms with Gasteiger partial charge < -0.3 is 25.4 Å². The Hall–Kier alpha value is -3.34. The highest BCUT2D eigenvalue weighted by Gasteiger charge is 2.38. The average Bonchev–Trinajstić information content (AvgIpc) is 3.22. The topological polar surface area (TPSA) is 106 Å². The summed E-state index contributed by atoms with van der Waals surface area (Å²) >= 11 is 0. The molecule has 2 amide bonds. The van der Waals surface area contributed by atoms with Crippen molar-refractivity contribution in [1.82, 2.24) is 10.2 Å². The molecule has 1 fully saturated rings. The summed E-state index contributed by atoms with van der Waals surface area (Å²) in [5.41, 5.74) is 4.96. The monoisotopic (exact) mass is 522 g/mol. The lowest BCUT2D eigenvalue weighted by molar-refractivity contribution is -0.138. The van der Waals surface area contributed by atoms with Crippen LogP contribution in [-0.2, 0) is 20.5 Å². The van der Waals surface area contributed by atoms with Gasteiger partial charge in [0, 0.05) is 25.9 Å². The minimum Gasteiger partial charge on any atom is -0.459 e. The van der Waals surface area contributed by atoms with E-state index in [0.717, 1.165) is 44.2 Å². The number of carbonyl (C=O) groups excluding carboxylic acids is 2. The summed E-state index contributed by atoms with van der Waals surface area (Å²) in [7, 11) is 1.58. The average molecular weight is 523 g/mol. The number of nitrogens with two attached hydrogens (primary N) is 1. The van der Waals surface area contributed by atoms with Crippen molar-refractivity contribution in [2.24, 2.45) is 16.6 Å². The fraction of sp³-hybridized carbons (Fsp3) is 0.500. The van der Waals surface area contributed by atoms with Crippen molar-refractivity contribution in [2.75, 3.05) is 26.8 Å². The Labute approximate surface area is 214 Å². The third-order valence-corrected chi connectivity index (χ3v) is 6.33. The zero-order valence-electron chi connectivity index (χ0n) is 20.8. The van der Waals surface area contributed by atoms with Crippen LogP contribution >= 0.6 is 0 Å². The summed E-state index contributed by atoms with van der Waals surface area (Å²) in [6.45, 7) is 0.899. The minimum atomic E-state index is -4.61. The summed E-state index contributed by atoms with van der Waals surface area (Å²) in [6, 6.07) is 3.89. The SMILES string of the molecule is COCCNC=CC(N)=NC(=O)C(CC1CCCCC1)N1CC(Oc2ccccc2C(F)(F)F)=CC1=O. The zero-order chi connectivity index (χ0) is 26.8. The molecule has 0 saturated heterocycles. The number of nitrogens with one attached hydrogen (secondary N) is 1. The van der Waals surface area contributed by atoms with Crippen LogP contribution in [-0.4, -0.2) is 55.4 Å². The summed E-state index contributed by atoms with van der Waals surface area (Å²) in [6.07, 6.45) is 4.99. The lowest BCUT2D eigenvalue weighted by Crippen LogP contribution is -2.44. The van der Waals surface area contributed by atoms with Crippen LogP contribution in [0.3, 0.4) is 0 Å². The maximum Gasteiger partial charge on any atom is 0.419 e. The third-order valence-electron chi connectivity index (χ3n) is 6.33. The molecule has 1 aliphatic carbocycles. The first-order valence-corrected chi connectivity index (χ1v) is 12.3. The number of alkyl halides is 3. The Morgan fingerprint density at radius 1 is 1.27 bits per heavy atom. The first kappa shape index (κ1) is 28.2. The van der Waals surface area contributed by atoms with Gasteiger partial charge in [-0.1, -0.05) is 44.2 Å². The highest BCUT2D eigenvalue weighted by Crippen LogP contribution is 2.37. The molecule has 37 heavy (non-hydrogen) atoms. The second-order valence-corrected chi connectivity index (χ2v) is 9.08. The van der Waals surface area contributed by atoms with E-state index >= 15 is 0 Å². The van der Waals surface area contributed by atoms with Crippen molar-refractivity contribution in [3.8, 4) is 5.75 Å². The van der Waals surface area contributed by atoms with Gasteiger partial charge in [0.25, 0.3) is 11.8 Å². The van der Waals surface area contributed by atoms with Gasteiger partial charge in [0.1, 0.15) is 23.4 Å². The molecule has 1 saturated carbocycles. The Morgan fingerprint density at radius 2 is 2.00 bits per heavy atom. The smallest absolute Gasteiger partial charge is 0.419 e. The summed E-state index contributed by atoms with van der Waals surface area (Å²) < 4.78 is 50.6. The van der Waals surface area contributed by atoms with Crippen LogP contribution in [0.25, 0.3) is 0 Å². The van der Waals surface area contributed by atoms with E-state index in [4.69, 9.17) is 15.2 Å². The van der Waals surface area contributed by atoms with E-state index in [1.165, 1.54) is 29.2 Å². The largest absolute Gasteiger partial charge is 0.459 e. The Balaban J connectivity index is 1.75. The number of hydrogen-bond donors (Lipinski definition) is 2. The molecule has 1 aromatic carbocycles. The summed E-state index contributed by atoms with van der Waals surface area (Å²) in [5, 5.41) is 2.94. The van der Waals surface area contributed by atoms with Crippen LogP contribution in [0.1, 0.15) is 44.1 Å². The molecule has 0 bridgehead atoms. The number of benzene rings is 1. The molecule has 0 spiro atoms. The number of amides is 2. The maximum atomic E-state index is 13.4. The van der Waals surface area contributed by atoms with Gasteiger partial charge in [0.05, 0.1) is 18.7 Å². The quantitative estimate of drug-likeness (QED) is 0.260. The standard InChI is InChI=1S/C26H33F3N4O4/c1-36-14-13-31-12-11-23(30)32-25(35)21(15-18-7-3-2-4-8-18)33-17-19(16-24(33)34)37-22-10-6-5-9-20(22)26(27,28)29/h5-6,9-12,16,18,21,31H,2-4,7-8,13-15,17H2,1H3,(H2,30,32,35). The van der Waals surface area contributed by atoms with Crippen molar-refractivity contribution in [1.29, 1.82) is 0 Å². The van der Waals surface area contributed by atoms with Crippen molar-refractivity contribution < 1.29 is 32.2 Å². The molecule has 2 aliphatic rings. The number of amidine groups is 1. The molecule has 0 aromatic heterocycles. The second kappa shape index (κ2) is 13.3. The lowest BCUT2D eigenvalue weighted by atomic mass is 9.84. The van der Waals surface area contributed by atoms with Gasteiger partial charge >= 0.3 is 6.18 Å². The second-order valence-electron chi connectivity index (χ2n) is 9.08.